The number of rotatable bonds is 6. The maximum Gasteiger partial charge on any atom is 0.253 e. The second-order valence-electron chi connectivity index (χ2n) is 5.32. The van der Waals surface area contributed by atoms with Gasteiger partial charge in [-0.05, 0) is 43.2 Å². The first-order chi connectivity index (χ1) is 10.1. The van der Waals surface area contributed by atoms with Crippen LogP contribution in [-0.2, 0) is 4.74 Å². The van der Waals surface area contributed by atoms with Gasteiger partial charge in [0.25, 0.3) is 5.91 Å². The number of anilines is 1. The van der Waals surface area contributed by atoms with Crippen LogP contribution in [0.3, 0.4) is 0 Å². The number of amides is 1. The van der Waals surface area contributed by atoms with E-state index in [4.69, 9.17) is 10.5 Å². The van der Waals surface area contributed by atoms with Crippen molar-refractivity contribution >= 4 is 22.4 Å². The number of benzene rings is 2. The summed E-state index contributed by atoms with van der Waals surface area (Å²) in [5.41, 5.74) is 7.00. The lowest BCUT2D eigenvalue weighted by Gasteiger charge is -2.10. The van der Waals surface area contributed by atoms with Crippen LogP contribution in [0.5, 0.6) is 0 Å². The van der Waals surface area contributed by atoms with Gasteiger partial charge in [-0.1, -0.05) is 24.3 Å². The zero-order valence-electron chi connectivity index (χ0n) is 12.6. The largest absolute Gasteiger partial charge is 0.398 e. The Morgan fingerprint density at radius 1 is 1.24 bits per heavy atom. The molecule has 0 aromatic heterocycles. The highest BCUT2D eigenvalue weighted by molar-refractivity contribution is 6.03. The minimum atomic E-state index is -0.136. The van der Waals surface area contributed by atoms with Gasteiger partial charge in [-0.2, -0.15) is 0 Å². The normalized spacial score (nSPS) is 11.0. The molecule has 2 rings (SSSR count). The minimum absolute atomic E-state index is 0.136. The third-order valence-electron chi connectivity index (χ3n) is 3.22. The highest BCUT2D eigenvalue weighted by Crippen LogP contribution is 2.21. The molecule has 0 saturated heterocycles. The summed E-state index contributed by atoms with van der Waals surface area (Å²) in [6, 6.07) is 11.5. The van der Waals surface area contributed by atoms with Gasteiger partial charge in [-0.3, -0.25) is 4.79 Å². The predicted molar refractivity (Wildman–Crippen MR) is 86.4 cm³/mol. The van der Waals surface area contributed by atoms with E-state index in [2.05, 4.69) is 5.32 Å². The number of hydrogen-bond acceptors (Lipinski definition) is 3. The standard InChI is InChI=1S/C17H22N2O2/c1-12(2)21-9-5-8-19-17(20)15-10-13-6-3-4-7-14(13)11-16(15)18/h3-4,6-7,10-12H,5,8-9,18H2,1-2H3,(H,19,20). The van der Waals surface area contributed by atoms with E-state index in [9.17, 15) is 4.79 Å². The van der Waals surface area contributed by atoms with Crippen molar-refractivity contribution in [2.24, 2.45) is 0 Å². The number of nitrogen functional groups attached to an aromatic ring is 1. The molecule has 0 fully saturated rings. The average molecular weight is 286 g/mol. The summed E-state index contributed by atoms with van der Waals surface area (Å²) in [7, 11) is 0. The summed E-state index contributed by atoms with van der Waals surface area (Å²) in [5, 5.41) is 4.93. The van der Waals surface area contributed by atoms with Crippen molar-refractivity contribution in [2.75, 3.05) is 18.9 Å². The van der Waals surface area contributed by atoms with Gasteiger partial charge < -0.3 is 15.8 Å². The lowest BCUT2D eigenvalue weighted by molar-refractivity contribution is 0.0757. The van der Waals surface area contributed by atoms with Gasteiger partial charge in [-0.25, -0.2) is 0 Å². The fourth-order valence-corrected chi connectivity index (χ4v) is 2.14. The molecule has 0 bridgehead atoms. The molecule has 1 amide bonds. The number of ether oxygens (including phenoxy) is 1. The van der Waals surface area contributed by atoms with Crippen LogP contribution in [0.1, 0.15) is 30.6 Å². The molecular weight excluding hydrogens is 264 g/mol. The fraction of sp³-hybridized carbons (Fsp3) is 0.353. The molecule has 0 heterocycles. The second-order valence-corrected chi connectivity index (χ2v) is 5.32. The van der Waals surface area contributed by atoms with Gasteiger partial charge >= 0.3 is 0 Å². The van der Waals surface area contributed by atoms with E-state index < -0.39 is 0 Å². The summed E-state index contributed by atoms with van der Waals surface area (Å²) in [6.07, 6.45) is 1.01. The maximum absolute atomic E-state index is 12.2. The van der Waals surface area contributed by atoms with Gasteiger partial charge in [0.05, 0.1) is 11.7 Å². The third-order valence-corrected chi connectivity index (χ3v) is 3.22. The molecular formula is C17H22N2O2. The highest BCUT2D eigenvalue weighted by atomic mass is 16.5. The monoisotopic (exact) mass is 286 g/mol. The van der Waals surface area contributed by atoms with Crippen molar-refractivity contribution in [3.8, 4) is 0 Å². The van der Waals surface area contributed by atoms with Gasteiger partial charge in [-0.15, -0.1) is 0 Å². The molecule has 2 aromatic carbocycles. The van der Waals surface area contributed by atoms with Gasteiger partial charge in [0.15, 0.2) is 0 Å². The number of nitrogens with two attached hydrogens (primary N) is 1. The number of carbonyl (C=O) groups is 1. The number of hydrogen-bond donors (Lipinski definition) is 2. The van der Waals surface area contributed by atoms with Crippen molar-refractivity contribution in [3.05, 3.63) is 42.0 Å². The van der Waals surface area contributed by atoms with Crippen LogP contribution in [0.2, 0.25) is 0 Å². The predicted octanol–water partition coefficient (Wildman–Crippen LogP) is 2.97. The number of fused-ring (bicyclic) bond motifs is 1. The first-order valence-electron chi connectivity index (χ1n) is 7.26. The molecule has 2 aromatic rings. The van der Waals surface area contributed by atoms with E-state index in [1.807, 2.05) is 50.2 Å². The van der Waals surface area contributed by atoms with Gasteiger partial charge in [0.2, 0.25) is 0 Å². The fourth-order valence-electron chi connectivity index (χ4n) is 2.14. The van der Waals surface area contributed by atoms with Crippen LogP contribution in [0, 0.1) is 0 Å². The number of carbonyl (C=O) groups excluding carboxylic acids is 1. The Balaban J connectivity index is 1.97. The zero-order chi connectivity index (χ0) is 15.2. The molecule has 0 aliphatic heterocycles. The Morgan fingerprint density at radius 2 is 1.90 bits per heavy atom. The van der Waals surface area contributed by atoms with Crippen molar-refractivity contribution in [3.63, 3.8) is 0 Å². The molecule has 4 nitrogen and oxygen atoms in total. The maximum atomic E-state index is 12.2. The van der Waals surface area contributed by atoms with Crippen LogP contribution in [0.15, 0.2) is 36.4 Å². The molecule has 0 radical (unpaired) electrons. The van der Waals surface area contributed by atoms with Gasteiger partial charge in [0, 0.05) is 18.8 Å². The Bertz CT molecular complexity index is 623. The lowest BCUT2D eigenvalue weighted by atomic mass is 10.0. The van der Waals surface area contributed by atoms with Crippen molar-refractivity contribution in [2.45, 2.75) is 26.4 Å². The minimum Gasteiger partial charge on any atom is -0.398 e. The smallest absolute Gasteiger partial charge is 0.253 e. The summed E-state index contributed by atoms with van der Waals surface area (Å²) in [5.74, 6) is -0.136. The highest BCUT2D eigenvalue weighted by Gasteiger charge is 2.10. The van der Waals surface area contributed by atoms with E-state index in [0.717, 1.165) is 17.2 Å². The first-order valence-corrected chi connectivity index (χ1v) is 7.26. The van der Waals surface area contributed by atoms with E-state index in [0.29, 0.717) is 24.4 Å². The molecule has 0 spiro atoms. The summed E-state index contributed by atoms with van der Waals surface area (Å²) < 4.78 is 5.43. The molecule has 112 valence electrons. The lowest BCUT2D eigenvalue weighted by Crippen LogP contribution is -2.26. The van der Waals surface area contributed by atoms with Crippen molar-refractivity contribution < 1.29 is 9.53 Å². The van der Waals surface area contributed by atoms with Gasteiger partial charge in [0.1, 0.15) is 0 Å². The first kappa shape index (κ1) is 15.3. The Labute approximate surface area is 125 Å². The van der Waals surface area contributed by atoms with E-state index in [1.165, 1.54) is 0 Å². The van der Waals surface area contributed by atoms with Crippen LogP contribution in [-0.4, -0.2) is 25.2 Å². The number of nitrogens with one attached hydrogen (secondary N) is 1. The molecule has 0 unspecified atom stereocenters. The van der Waals surface area contributed by atoms with Crippen LogP contribution >= 0.6 is 0 Å². The average Bonchev–Trinajstić information content (AvgIpc) is 2.45. The topological polar surface area (TPSA) is 64.3 Å². The Morgan fingerprint density at radius 3 is 2.57 bits per heavy atom. The molecule has 0 aliphatic carbocycles. The summed E-state index contributed by atoms with van der Waals surface area (Å²) >= 11 is 0. The molecule has 4 heteroatoms. The van der Waals surface area contributed by atoms with Crippen LogP contribution < -0.4 is 11.1 Å². The SMILES string of the molecule is CC(C)OCCCNC(=O)c1cc2ccccc2cc1N. The van der Waals surface area contributed by atoms with E-state index in [-0.39, 0.29) is 12.0 Å². The molecule has 0 saturated carbocycles. The molecule has 3 N–H and O–H groups in total. The zero-order valence-corrected chi connectivity index (χ0v) is 12.6. The molecule has 0 aliphatic rings. The quantitative estimate of drug-likeness (QED) is 0.634. The van der Waals surface area contributed by atoms with E-state index in [1.54, 1.807) is 0 Å². The summed E-state index contributed by atoms with van der Waals surface area (Å²) in [6.45, 7) is 5.21. The van der Waals surface area contributed by atoms with E-state index >= 15 is 0 Å². The van der Waals surface area contributed by atoms with Crippen LogP contribution in [0.25, 0.3) is 10.8 Å². The van der Waals surface area contributed by atoms with Crippen LogP contribution in [0.4, 0.5) is 5.69 Å². The van der Waals surface area contributed by atoms with Crippen molar-refractivity contribution in [1.29, 1.82) is 0 Å². The summed E-state index contributed by atoms with van der Waals surface area (Å²) in [4.78, 5) is 12.2. The Kier molecular flexibility index (Phi) is 5.17. The molecule has 21 heavy (non-hydrogen) atoms. The third kappa shape index (κ3) is 4.20. The van der Waals surface area contributed by atoms with Crippen molar-refractivity contribution in [1.82, 2.24) is 5.32 Å². The Hall–Kier alpha value is -2.07. The second kappa shape index (κ2) is 7.09. The molecule has 0 atom stereocenters.